The van der Waals surface area contributed by atoms with Gasteiger partial charge in [-0.3, -0.25) is 4.79 Å². The van der Waals surface area contributed by atoms with Crippen LogP contribution in [0.5, 0.6) is 0 Å². The number of carbonyl (C=O) groups is 1. The van der Waals surface area contributed by atoms with E-state index in [-0.39, 0.29) is 25.2 Å². The minimum Gasteiger partial charge on any atom is -0.396 e. The third-order valence-electron chi connectivity index (χ3n) is 2.65. The predicted molar refractivity (Wildman–Crippen MR) is 57.5 cm³/mol. The van der Waals surface area contributed by atoms with Crippen LogP contribution < -0.4 is 0 Å². The number of aliphatic hydroxyl groups excluding tert-OH is 1. The molecule has 1 heterocycles. The minimum absolute atomic E-state index is 0.0138. The molecule has 1 amide bonds. The van der Waals surface area contributed by atoms with Crippen LogP contribution in [0.3, 0.4) is 0 Å². The van der Waals surface area contributed by atoms with Gasteiger partial charge in [-0.1, -0.05) is 13.8 Å². The van der Waals surface area contributed by atoms with Gasteiger partial charge in [0.2, 0.25) is 5.91 Å². The van der Waals surface area contributed by atoms with Gasteiger partial charge in [0, 0.05) is 19.7 Å². The summed E-state index contributed by atoms with van der Waals surface area (Å²) in [6, 6.07) is 0. The standard InChI is InChI=1S/C11H21NO3/c1-9(2)3-5-12-7-10(4-6-13)15-8-11(12)14/h9-10,13H,3-8H2,1-2H3. The lowest BCUT2D eigenvalue weighted by Gasteiger charge is -2.33. The molecular weight excluding hydrogens is 194 g/mol. The molecule has 1 N–H and O–H groups in total. The molecule has 15 heavy (non-hydrogen) atoms. The molecule has 0 bridgehead atoms. The van der Waals surface area contributed by atoms with Gasteiger partial charge in [0.1, 0.15) is 6.61 Å². The van der Waals surface area contributed by atoms with E-state index in [1.165, 1.54) is 0 Å². The fraction of sp³-hybridized carbons (Fsp3) is 0.909. The quantitative estimate of drug-likeness (QED) is 0.732. The summed E-state index contributed by atoms with van der Waals surface area (Å²) in [5, 5.41) is 8.81. The van der Waals surface area contributed by atoms with Crippen molar-refractivity contribution in [3.8, 4) is 0 Å². The lowest BCUT2D eigenvalue weighted by atomic mass is 10.1. The summed E-state index contributed by atoms with van der Waals surface area (Å²) in [5.74, 6) is 0.682. The van der Waals surface area contributed by atoms with E-state index in [2.05, 4.69) is 13.8 Å². The van der Waals surface area contributed by atoms with E-state index in [0.717, 1.165) is 13.0 Å². The van der Waals surface area contributed by atoms with Gasteiger partial charge in [-0.2, -0.15) is 0 Å². The van der Waals surface area contributed by atoms with Gasteiger partial charge in [-0.05, 0) is 18.8 Å². The molecule has 4 nitrogen and oxygen atoms in total. The van der Waals surface area contributed by atoms with Gasteiger partial charge in [0.25, 0.3) is 0 Å². The van der Waals surface area contributed by atoms with E-state index in [1.54, 1.807) is 0 Å². The van der Waals surface area contributed by atoms with Gasteiger partial charge >= 0.3 is 0 Å². The van der Waals surface area contributed by atoms with E-state index >= 15 is 0 Å². The summed E-state index contributed by atoms with van der Waals surface area (Å²) < 4.78 is 5.32. The molecule has 4 heteroatoms. The van der Waals surface area contributed by atoms with Crippen molar-refractivity contribution in [3.05, 3.63) is 0 Å². The molecule has 0 aliphatic carbocycles. The number of hydrogen-bond acceptors (Lipinski definition) is 3. The van der Waals surface area contributed by atoms with E-state index in [4.69, 9.17) is 9.84 Å². The Bertz CT molecular complexity index is 206. The van der Waals surface area contributed by atoms with E-state index in [1.807, 2.05) is 4.90 Å². The Balaban J connectivity index is 2.36. The highest BCUT2D eigenvalue weighted by atomic mass is 16.5. The Hall–Kier alpha value is -0.610. The molecule has 1 saturated heterocycles. The Morgan fingerprint density at radius 2 is 2.33 bits per heavy atom. The number of rotatable bonds is 5. The highest BCUT2D eigenvalue weighted by molar-refractivity contribution is 5.78. The predicted octanol–water partition coefficient (Wildman–Crippen LogP) is 0.642. The molecule has 1 aliphatic heterocycles. The highest BCUT2D eigenvalue weighted by Gasteiger charge is 2.25. The van der Waals surface area contributed by atoms with Crippen molar-refractivity contribution in [2.24, 2.45) is 5.92 Å². The second kappa shape index (κ2) is 6.08. The first-order valence-corrected chi connectivity index (χ1v) is 5.63. The van der Waals surface area contributed by atoms with Crippen LogP contribution >= 0.6 is 0 Å². The highest BCUT2D eigenvalue weighted by Crippen LogP contribution is 2.11. The number of ether oxygens (including phenoxy) is 1. The Labute approximate surface area is 91.2 Å². The number of nitrogens with zero attached hydrogens (tertiary/aromatic N) is 1. The van der Waals surface area contributed by atoms with Gasteiger partial charge in [0.15, 0.2) is 0 Å². The average molecular weight is 215 g/mol. The lowest BCUT2D eigenvalue weighted by Crippen LogP contribution is -2.47. The largest absolute Gasteiger partial charge is 0.396 e. The van der Waals surface area contributed by atoms with Crippen molar-refractivity contribution >= 4 is 5.91 Å². The van der Waals surface area contributed by atoms with Gasteiger partial charge in [-0.25, -0.2) is 0 Å². The molecule has 0 aromatic carbocycles. The van der Waals surface area contributed by atoms with Crippen LogP contribution in [0.1, 0.15) is 26.7 Å². The maximum absolute atomic E-state index is 11.5. The SMILES string of the molecule is CC(C)CCN1CC(CCO)OCC1=O. The average Bonchev–Trinajstić information content (AvgIpc) is 2.19. The Morgan fingerprint density at radius 1 is 1.60 bits per heavy atom. The third-order valence-corrected chi connectivity index (χ3v) is 2.65. The summed E-state index contributed by atoms with van der Waals surface area (Å²) in [6.45, 7) is 6.03. The van der Waals surface area contributed by atoms with Crippen molar-refractivity contribution in [2.75, 3.05) is 26.3 Å². The second-order valence-electron chi connectivity index (χ2n) is 4.47. The summed E-state index contributed by atoms with van der Waals surface area (Å²) >= 11 is 0. The normalized spacial score (nSPS) is 22.5. The number of carbonyl (C=O) groups excluding carboxylic acids is 1. The minimum atomic E-state index is 0.0138. The monoisotopic (exact) mass is 215 g/mol. The first-order valence-electron chi connectivity index (χ1n) is 5.63. The maximum Gasteiger partial charge on any atom is 0.248 e. The molecule has 0 radical (unpaired) electrons. The zero-order chi connectivity index (χ0) is 11.3. The van der Waals surface area contributed by atoms with E-state index < -0.39 is 0 Å². The number of amides is 1. The van der Waals surface area contributed by atoms with E-state index in [0.29, 0.717) is 18.9 Å². The van der Waals surface area contributed by atoms with Crippen molar-refractivity contribution < 1.29 is 14.6 Å². The Kier molecular flexibility index (Phi) is 5.05. The number of morpholine rings is 1. The number of aliphatic hydroxyl groups is 1. The molecule has 1 aliphatic rings. The molecule has 0 aromatic rings. The summed E-state index contributed by atoms with van der Waals surface area (Å²) in [6.07, 6.45) is 1.66. The molecule has 88 valence electrons. The first kappa shape index (κ1) is 12.5. The van der Waals surface area contributed by atoms with Crippen LogP contribution in [-0.2, 0) is 9.53 Å². The first-order chi connectivity index (χ1) is 7.13. The third kappa shape index (κ3) is 4.18. The summed E-state index contributed by atoms with van der Waals surface area (Å²) in [4.78, 5) is 13.3. The van der Waals surface area contributed by atoms with Crippen molar-refractivity contribution in [2.45, 2.75) is 32.8 Å². The molecular formula is C11H21NO3. The number of hydrogen-bond donors (Lipinski definition) is 1. The van der Waals surface area contributed by atoms with Crippen LogP contribution in [0.4, 0.5) is 0 Å². The maximum atomic E-state index is 11.5. The van der Waals surface area contributed by atoms with Crippen molar-refractivity contribution in [3.63, 3.8) is 0 Å². The molecule has 0 aromatic heterocycles. The lowest BCUT2D eigenvalue weighted by molar-refractivity contribution is -0.149. The smallest absolute Gasteiger partial charge is 0.248 e. The second-order valence-corrected chi connectivity index (χ2v) is 4.47. The van der Waals surface area contributed by atoms with Crippen LogP contribution in [0.25, 0.3) is 0 Å². The molecule has 0 spiro atoms. The van der Waals surface area contributed by atoms with Crippen molar-refractivity contribution in [1.29, 1.82) is 0 Å². The van der Waals surface area contributed by atoms with Gasteiger partial charge < -0.3 is 14.7 Å². The van der Waals surface area contributed by atoms with Gasteiger partial charge in [0.05, 0.1) is 6.10 Å². The molecule has 1 atom stereocenters. The van der Waals surface area contributed by atoms with Gasteiger partial charge in [-0.15, -0.1) is 0 Å². The fourth-order valence-electron chi connectivity index (χ4n) is 1.63. The topological polar surface area (TPSA) is 49.8 Å². The Morgan fingerprint density at radius 3 is 2.93 bits per heavy atom. The fourth-order valence-corrected chi connectivity index (χ4v) is 1.63. The van der Waals surface area contributed by atoms with Crippen LogP contribution in [-0.4, -0.2) is 48.3 Å². The summed E-state index contributed by atoms with van der Waals surface area (Å²) in [7, 11) is 0. The molecule has 1 unspecified atom stereocenters. The molecule has 1 fully saturated rings. The van der Waals surface area contributed by atoms with Crippen LogP contribution in [0.15, 0.2) is 0 Å². The zero-order valence-electron chi connectivity index (χ0n) is 9.61. The molecule has 1 rings (SSSR count). The molecule has 0 saturated carbocycles. The summed E-state index contributed by atoms with van der Waals surface area (Å²) in [5.41, 5.74) is 0. The zero-order valence-corrected chi connectivity index (χ0v) is 9.61. The van der Waals surface area contributed by atoms with Crippen LogP contribution in [0, 0.1) is 5.92 Å². The van der Waals surface area contributed by atoms with E-state index in [9.17, 15) is 4.79 Å². The van der Waals surface area contributed by atoms with Crippen molar-refractivity contribution in [1.82, 2.24) is 4.90 Å². The van der Waals surface area contributed by atoms with Crippen LogP contribution in [0.2, 0.25) is 0 Å².